The summed E-state index contributed by atoms with van der Waals surface area (Å²) in [4.78, 5) is 12.8. The Morgan fingerprint density at radius 1 is 0.321 bits per heavy atom. The van der Waals surface area contributed by atoms with Gasteiger partial charge in [0.15, 0.2) is 0 Å². The van der Waals surface area contributed by atoms with Crippen LogP contribution in [0.15, 0.2) is 255 Å². The summed E-state index contributed by atoms with van der Waals surface area (Å²) in [7, 11) is 0. The van der Waals surface area contributed by atoms with Crippen LogP contribution in [0.25, 0.3) is 0 Å². The van der Waals surface area contributed by atoms with E-state index in [0.29, 0.717) is 0 Å². The zero-order valence-corrected chi connectivity index (χ0v) is 46.6. The minimum atomic E-state index is -0.146. The molecule has 11 aromatic rings. The van der Waals surface area contributed by atoms with Crippen LogP contribution >= 0.6 is 0 Å². The largest absolute Gasteiger partial charge is 0.311 e. The minimum absolute atomic E-state index is 0.0701. The van der Waals surface area contributed by atoms with Crippen LogP contribution in [-0.2, 0) is 18.3 Å². The molecule has 0 fully saturated rings. The zero-order chi connectivity index (χ0) is 54.5. The first-order chi connectivity index (χ1) is 39.8. The highest BCUT2D eigenvalue weighted by Crippen LogP contribution is 2.52. The van der Waals surface area contributed by atoms with E-state index in [1.165, 1.54) is 101 Å². The maximum absolute atomic E-state index is 2.64. The number of aryl methyl sites for hydroxylation is 2. The normalized spacial score (nSPS) is 13.4. The Balaban J connectivity index is 1.08. The van der Waals surface area contributed by atoms with Crippen LogP contribution in [0.3, 0.4) is 0 Å². The summed E-state index contributed by atoms with van der Waals surface area (Å²) >= 11 is 0. The molecule has 4 heterocycles. The quantitative estimate of drug-likeness (QED) is 0.134. The fourth-order valence-corrected chi connectivity index (χ4v) is 13.8. The van der Waals surface area contributed by atoms with Crippen molar-refractivity contribution in [2.45, 2.75) is 52.9 Å². The molecule has 4 aliphatic heterocycles. The molecule has 15 rings (SSSR count). The van der Waals surface area contributed by atoms with E-state index in [1.54, 1.807) is 0 Å². The molecule has 0 atom stereocenters. The van der Waals surface area contributed by atoms with E-state index in [2.05, 4.69) is 314 Å². The van der Waals surface area contributed by atoms with Gasteiger partial charge in [-0.1, -0.05) is 186 Å². The van der Waals surface area contributed by atoms with Crippen LogP contribution in [0.2, 0.25) is 0 Å². The smallest absolute Gasteiger partial charge is 0.252 e. The number of para-hydroxylation sites is 8. The van der Waals surface area contributed by atoms with Crippen molar-refractivity contribution in [2.75, 3.05) is 24.5 Å². The lowest BCUT2D eigenvalue weighted by Crippen LogP contribution is -2.65. The van der Waals surface area contributed by atoms with Gasteiger partial charge in [-0.05, 0) is 171 Å². The monoisotopic (exact) mass is 1040 g/mol. The maximum Gasteiger partial charge on any atom is 0.252 e. The summed E-state index contributed by atoms with van der Waals surface area (Å²) in [6.45, 7) is 11.4. The van der Waals surface area contributed by atoms with E-state index < -0.39 is 0 Å². The molecule has 0 unspecified atom stereocenters. The molecule has 0 N–H and O–H groups in total. The molecule has 0 radical (unpaired) electrons. The predicted molar refractivity (Wildman–Crippen MR) is 347 cm³/mol. The summed E-state index contributed by atoms with van der Waals surface area (Å²) in [5, 5.41) is 0. The molecule has 0 saturated heterocycles. The highest BCUT2D eigenvalue weighted by atomic mass is 15.2. The number of anilines is 15. The van der Waals surface area contributed by atoms with Crippen LogP contribution in [0.5, 0.6) is 0 Å². The third-order valence-electron chi connectivity index (χ3n) is 17.5. The van der Waals surface area contributed by atoms with Crippen molar-refractivity contribution in [3.05, 3.63) is 271 Å². The van der Waals surface area contributed by atoms with Crippen molar-refractivity contribution >= 4 is 132 Å². The van der Waals surface area contributed by atoms with E-state index in [9.17, 15) is 0 Å². The van der Waals surface area contributed by atoms with E-state index in [4.69, 9.17) is 0 Å². The predicted octanol–water partition coefficient (Wildman–Crippen LogP) is 15.7. The van der Waals surface area contributed by atoms with Crippen molar-refractivity contribution in [1.29, 1.82) is 0 Å². The molecule has 0 aromatic heterocycles. The lowest BCUT2D eigenvalue weighted by molar-refractivity contribution is 0.590. The molecule has 0 saturated carbocycles. The van der Waals surface area contributed by atoms with Crippen molar-refractivity contribution < 1.29 is 0 Å². The van der Waals surface area contributed by atoms with Crippen molar-refractivity contribution in [3.8, 4) is 0 Å². The van der Waals surface area contributed by atoms with Crippen LogP contribution in [0.1, 0.15) is 51.3 Å². The number of hydrogen-bond acceptors (Lipinski definition) is 5. The van der Waals surface area contributed by atoms with Crippen LogP contribution in [0.4, 0.5) is 85.3 Å². The Bertz CT molecular complexity index is 4190. The van der Waals surface area contributed by atoms with Crippen LogP contribution in [0, 0.1) is 0 Å². The van der Waals surface area contributed by atoms with Gasteiger partial charge in [-0.2, -0.15) is 0 Å². The second kappa shape index (κ2) is 19.1. The average Bonchev–Trinajstić information content (AvgIpc) is 1.53. The molecule has 0 amide bonds. The van der Waals surface area contributed by atoms with Crippen LogP contribution in [-0.4, -0.2) is 13.4 Å². The SMILES string of the molecule is CCc1ccccc1N(c1cc2c3c(c1)N(c1ccccc1)c1cc4c(cc1B3c1ccccc1N2c1ccccc1)B1c2ccccc2N(c2ccccc2)c2cc(C(C)(C)C)cc(c21)N4c1ccccc1)c1ccccc1CC. The first-order valence-corrected chi connectivity index (χ1v) is 28.9. The minimum Gasteiger partial charge on any atom is -0.311 e. The fourth-order valence-electron chi connectivity index (χ4n) is 13.8. The van der Waals surface area contributed by atoms with E-state index in [1.807, 2.05) is 0 Å². The molecule has 7 heteroatoms. The highest BCUT2D eigenvalue weighted by Gasteiger charge is 2.49. The zero-order valence-electron chi connectivity index (χ0n) is 46.6. The van der Waals surface area contributed by atoms with Gasteiger partial charge in [-0.3, -0.25) is 0 Å². The van der Waals surface area contributed by atoms with Gasteiger partial charge in [0, 0.05) is 79.6 Å². The Morgan fingerprint density at radius 2 is 0.654 bits per heavy atom. The molecule has 11 aromatic carbocycles. The lowest BCUT2D eigenvalue weighted by Gasteiger charge is -2.48. The molecular weight excluding hydrogens is 980 g/mol. The summed E-state index contributed by atoms with van der Waals surface area (Å²) in [6, 6.07) is 95.9. The van der Waals surface area contributed by atoms with Gasteiger partial charge >= 0.3 is 0 Å². The van der Waals surface area contributed by atoms with Gasteiger partial charge in [-0.25, -0.2) is 0 Å². The molecule has 0 bridgehead atoms. The topological polar surface area (TPSA) is 16.2 Å². The third kappa shape index (κ3) is 7.62. The van der Waals surface area contributed by atoms with Gasteiger partial charge in [-0.15, -0.1) is 0 Å². The maximum atomic E-state index is 2.64. The molecule has 0 spiro atoms. The molecule has 388 valence electrons. The second-order valence-electron chi connectivity index (χ2n) is 23.0. The molecule has 5 nitrogen and oxygen atoms in total. The van der Waals surface area contributed by atoms with Gasteiger partial charge in [0.25, 0.3) is 13.4 Å². The molecule has 0 aliphatic carbocycles. The Morgan fingerprint density at radius 3 is 1.04 bits per heavy atom. The van der Waals surface area contributed by atoms with E-state index in [-0.39, 0.29) is 18.8 Å². The summed E-state index contributed by atoms with van der Waals surface area (Å²) in [6.07, 6.45) is 1.79. The lowest BCUT2D eigenvalue weighted by atomic mass is 9.30. The van der Waals surface area contributed by atoms with Gasteiger partial charge in [0.1, 0.15) is 0 Å². The number of nitrogens with zero attached hydrogens (tertiary/aromatic N) is 5. The fraction of sp³-hybridized carbons (Fsp3) is 0.108. The number of hydrogen-bond donors (Lipinski definition) is 0. The van der Waals surface area contributed by atoms with Crippen LogP contribution < -0.4 is 57.3 Å². The summed E-state index contributed by atoms with van der Waals surface area (Å²) < 4.78 is 0. The highest BCUT2D eigenvalue weighted by molar-refractivity contribution is 7.03. The average molecular weight is 1040 g/mol. The first-order valence-electron chi connectivity index (χ1n) is 28.9. The Labute approximate surface area is 477 Å². The van der Waals surface area contributed by atoms with Crippen molar-refractivity contribution in [1.82, 2.24) is 0 Å². The summed E-state index contributed by atoms with van der Waals surface area (Å²) in [5.74, 6) is 0. The van der Waals surface area contributed by atoms with Gasteiger partial charge < -0.3 is 24.5 Å². The Kier molecular flexibility index (Phi) is 11.5. The number of fused-ring (bicyclic) bond motifs is 8. The van der Waals surface area contributed by atoms with E-state index >= 15 is 0 Å². The molecular formula is C74H61B2N5. The van der Waals surface area contributed by atoms with Gasteiger partial charge in [0.2, 0.25) is 0 Å². The second-order valence-corrected chi connectivity index (χ2v) is 23.0. The molecule has 81 heavy (non-hydrogen) atoms. The number of rotatable bonds is 9. The number of benzene rings is 11. The standard InChI is InChI=1S/C74H61B2N5/c1-6-50-28-20-24-40-62(50)81(63-41-25-21-29-51(63)7-2)57-46-70-73-71(47-57)80(56-36-18-11-19-37-56)67-49-66-60(48-61(67)76(73)59-39-23-27-43-65(59)78(70)54-32-14-9-15-33-54)75-58-38-22-26-42-64(58)77(53-30-12-8-13-31-53)68-44-52(74(3,4)5)45-69(72(68)75)79(66)55-34-16-10-17-35-55/h8-49H,6-7H2,1-5H3. The van der Waals surface area contributed by atoms with Gasteiger partial charge in [0.05, 0.1) is 5.69 Å². The van der Waals surface area contributed by atoms with Crippen molar-refractivity contribution in [3.63, 3.8) is 0 Å². The first kappa shape index (κ1) is 48.7. The third-order valence-corrected chi connectivity index (χ3v) is 17.5. The van der Waals surface area contributed by atoms with E-state index in [0.717, 1.165) is 47.0 Å². The van der Waals surface area contributed by atoms with Crippen molar-refractivity contribution in [2.24, 2.45) is 0 Å². The Hall–Kier alpha value is -9.45. The molecule has 4 aliphatic rings. The summed E-state index contributed by atoms with van der Waals surface area (Å²) in [5.41, 5.74) is 29.0.